The highest BCUT2D eigenvalue weighted by molar-refractivity contribution is 6.10. The molecule has 27 heavy (non-hydrogen) atoms. The van der Waals surface area contributed by atoms with Crippen molar-refractivity contribution in [2.75, 3.05) is 5.32 Å². The molecule has 0 saturated carbocycles. The largest absolute Gasteiger partial charge is 0.463 e. The molecule has 0 atom stereocenters. The Kier molecular flexibility index (Phi) is 7.29. The second-order valence-electron chi connectivity index (χ2n) is 6.63. The van der Waals surface area contributed by atoms with Crippen LogP contribution in [-0.2, 0) is 9.53 Å². The van der Waals surface area contributed by atoms with Crippen molar-refractivity contribution in [3.05, 3.63) is 65.2 Å². The SMILES string of the molecule is Cc1cccc(C(=O)CCCC(=O)OC(C)C)c1NC(=O)c1ccccc1. The molecule has 2 aromatic rings. The molecule has 5 nitrogen and oxygen atoms in total. The lowest BCUT2D eigenvalue weighted by Gasteiger charge is -2.13. The van der Waals surface area contributed by atoms with Gasteiger partial charge in [0.05, 0.1) is 11.8 Å². The highest BCUT2D eigenvalue weighted by atomic mass is 16.5. The molecular formula is C22H25NO4. The van der Waals surface area contributed by atoms with Gasteiger partial charge in [0.2, 0.25) is 0 Å². The smallest absolute Gasteiger partial charge is 0.306 e. The molecule has 142 valence electrons. The first kappa shape index (κ1) is 20.4. The predicted octanol–water partition coefficient (Wildman–Crippen LogP) is 4.55. The number of rotatable bonds is 8. The number of benzene rings is 2. The Hall–Kier alpha value is -2.95. The van der Waals surface area contributed by atoms with Crippen LogP contribution in [0.4, 0.5) is 5.69 Å². The lowest BCUT2D eigenvalue weighted by atomic mass is 10.00. The van der Waals surface area contributed by atoms with Crippen molar-refractivity contribution < 1.29 is 19.1 Å². The van der Waals surface area contributed by atoms with E-state index < -0.39 is 0 Å². The van der Waals surface area contributed by atoms with Gasteiger partial charge < -0.3 is 10.1 Å². The van der Waals surface area contributed by atoms with E-state index in [-0.39, 0.29) is 36.6 Å². The van der Waals surface area contributed by atoms with Crippen LogP contribution in [0.5, 0.6) is 0 Å². The number of Topliss-reactive ketones (excluding diaryl/α,β-unsaturated/α-hetero) is 1. The van der Waals surface area contributed by atoms with Crippen molar-refractivity contribution in [1.82, 2.24) is 0 Å². The Morgan fingerprint density at radius 1 is 0.963 bits per heavy atom. The van der Waals surface area contributed by atoms with Gasteiger partial charge in [-0.15, -0.1) is 0 Å². The van der Waals surface area contributed by atoms with E-state index in [0.717, 1.165) is 5.56 Å². The topological polar surface area (TPSA) is 72.5 Å². The number of carbonyl (C=O) groups is 3. The Morgan fingerprint density at radius 3 is 2.33 bits per heavy atom. The lowest BCUT2D eigenvalue weighted by molar-refractivity contribution is -0.147. The first-order valence-electron chi connectivity index (χ1n) is 9.07. The van der Waals surface area contributed by atoms with Gasteiger partial charge in [0.25, 0.3) is 5.91 Å². The Labute approximate surface area is 159 Å². The van der Waals surface area contributed by atoms with Gasteiger partial charge in [-0.25, -0.2) is 0 Å². The van der Waals surface area contributed by atoms with E-state index in [9.17, 15) is 14.4 Å². The zero-order valence-corrected chi connectivity index (χ0v) is 16.0. The van der Waals surface area contributed by atoms with Gasteiger partial charge in [0.1, 0.15) is 0 Å². The number of esters is 1. The normalized spacial score (nSPS) is 10.5. The number of hydrogen-bond donors (Lipinski definition) is 1. The summed E-state index contributed by atoms with van der Waals surface area (Å²) in [6, 6.07) is 14.2. The standard InChI is InChI=1S/C22H25NO4/c1-15(2)27-20(25)14-8-13-19(24)18-12-7-9-16(3)21(18)23-22(26)17-10-5-4-6-11-17/h4-7,9-12,15H,8,13-14H2,1-3H3,(H,23,26). The second kappa shape index (κ2) is 9.67. The molecule has 0 aliphatic carbocycles. The van der Waals surface area contributed by atoms with Crippen LogP contribution in [0, 0.1) is 6.92 Å². The van der Waals surface area contributed by atoms with Gasteiger partial charge in [-0.3, -0.25) is 14.4 Å². The molecule has 0 heterocycles. The van der Waals surface area contributed by atoms with Gasteiger partial charge in [0, 0.05) is 24.0 Å². The molecule has 5 heteroatoms. The fraction of sp³-hybridized carbons (Fsp3) is 0.318. The third kappa shape index (κ3) is 6.06. The summed E-state index contributed by atoms with van der Waals surface area (Å²) in [7, 11) is 0. The summed E-state index contributed by atoms with van der Waals surface area (Å²) in [5.74, 6) is -0.682. The Morgan fingerprint density at radius 2 is 1.67 bits per heavy atom. The molecule has 2 aromatic carbocycles. The van der Waals surface area contributed by atoms with Crippen molar-refractivity contribution in [2.45, 2.75) is 46.1 Å². The number of aryl methyl sites for hydroxylation is 1. The molecule has 0 fully saturated rings. The van der Waals surface area contributed by atoms with Crippen molar-refractivity contribution >= 4 is 23.3 Å². The van der Waals surface area contributed by atoms with Crippen LogP contribution < -0.4 is 5.32 Å². The molecule has 1 N–H and O–H groups in total. The number of hydrogen-bond acceptors (Lipinski definition) is 4. The summed E-state index contributed by atoms with van der Waals surface area (Å²) < 4.78 is 5.07. The van der Waals surface area contributed by atoms with Crippen LogP contribution >= 0.6 is 0 Å². The molecule has 0 bridgehead atoms. The molecule has 2 rings (SSSR count). The van der Waals surface area contributed by atoms with Crippen LogP contribution in [-0.4, -0.2) is 23.8 Å². The molecule has 1 amide bonds. The fourth-order valence-corrected chi connectivity index (χ4v) is 2.69. The van der Waals surface area contributed by atoms with Gasteiger partial charge in [-0.05, 0) is 51.0 Å². The summed E-state index contributed by atoms with van der Waals surface area (Å²) in [6.07, 6.45) is 0.654. The average Bonchev–Trinajstić information content (AvgIpc) is 2.63. The second-order valence-corrected chi connectivity index (χ2v) is 6.63. The zero-order chi connectivity index (χ0) is 19.8. The lowest BCUT2D eigenvalue weighted by Crippen LogP contribution is -2.16. The van der Waals surface area contributed by atoms with E-state index >= 15 is 0 Å². The number of amides is 1. The van der Waals surface area contributed by atoms with Crippen LogP contribution in [0.3, 0.4) is 0 Å². The van der Waals surface area contributed by atoms with E-state index in [1.165, 1.54) is 0 Å². The highest BCUT2D eigenvalue weighted by Crippen LogP contribution is 2.23. The van der Waals surface area contributed by atoms with E-state index in [0.29, 0.717) is 23.2 Å². The van der Waals surface area contributed by atoms with Crippen LogP contribution in [0.1, 0.15) is 59.4 Å². The summed E-state index contributed by atoms with van der Waals surface area (Å²) in [4.78, 5) is 36.7. The molecule has 0 aliphatic rings. The summed E-state index contributed by atoms with van der Waals surface area (Å²) in [5, 5.41) is 2.85. The maximum absolute atomic E-state index is 12.6. The minimum absolute atomic E-state index is 0.112. The molecule has 0 aliphatic heterocycles. The number of carbonyl (C=O) groups excluding carboxylic acids is 3. The first-order chi connectivity index (χ1) is 12.9. The molecule has 0 unspecified atom stereocenters. The van der Waals surface area contributed by atoms with Crippen LogP contribution in [0.15, 0.2) is 48.5 Å². The van der Waals surface area contributed by atoms with Crippen molar-refractivity contribution in [1.29, 1.82) is 0 Å². The summed E-state index contributed by atoms with van der Waals surface area (Å²) in [6.45, 7) is 5.42. The van der Waals surface area contributed by atoms with Gasteiger partial charge in [0.15, 0.2) is 5.78 Å². The predicted molar refractivity (Wildman–Crippen MR) is 105 cm³/mol. The number of ether oxygens (including phenoxy) is 1. The van der Waals surface area contributed by atoms with Crippen molar-refractivity contribution in [3.63, 3.8) is 0 Å². The first-order valence-corrected chi connectivity index (χ1v) is 9.07. The third-order valence-corrected chi connectivity index (χ3v) is 4.00. The molecular weight excluding hydrogens is 342 g/mol. The zero-order valence-electron chi connectivity index (χ0n) is 16.0. The quantitative estimate of drug-likeness (QED) is 0.549. The minimum Gasteiger partial charge on any atom is -0.463 e. The van der Waals surface area contributed by atoms with Gasteiger partial charge in [-0.2, -0.15) is 0 Å². The van der Waals surface area contributed by atoms with E-state index in [1.54, 1.807) is 50.2 Å². The molecule has 0 spiro atoms. The van der Waals surface area contributed by atoms with Gasteiger partial charge in [-0.1, -0.05) is 30.3 Å². The number of ketones is 1. The van der Waals surface area contributed by atoms with Gasteiger partial charge >= 0.3 is 5.97 Å². The van der Waals surface area contributed by atoms with E-state index in [4.69, 9.17) is 4.74 Å². The van der Waals surface area contributed by atoms with Crippen LogP contribution in [0.25, 0.3) is 0 Å². The van der Waals surface area contributed by atoms with Crippen LogP contribution in [0.2, 0.25) is 0 Å². The number of para-hydroxylation sites is 1. The number of nitrogens with one attached hydrogen (secondary N) is 1. The fourth-order valence-electron chi connectivity index (χ4n) is 2.69. The summed E-state index contributed by atoms with van der Waals surface area (Å²) in [5.41, 5.74) is 2.30. The highest BCUT2D eigenvalue weighted by Gasteiger charge is 2.17. The van der Waals surface area contributed by atoms with Crippen molar-refractivity contribution in [2.24, 2.45) is 0 Å². The Bertz CT molecular complexity index is 812. The molecule has 0 radical (unpaired) electrons. The molecule has 0 aromatic heterocycles. The minimum atomic E-state index is -0.306. The molecule has 0 saturated heterocycles. The van der Waals surface area contributed by atoms with E-state index in [2.05, 4.69) is 5.32 Å². The Balaban J connectivity index is 2.06. The third-order valence-electron chi connectivity index (χ3n) is 4.00. The number of anilines is 1. The summed E-state index contributed by atoms with van der Waals surface area (Å²) >= 11 is 0. The maximum atomic E-state index is 12.6. The monoisotopic (exact) mass is 367 g/mol. The average molecular weight is 367 g/mol. The maximum Gasteiger partial charge on any atom is 0.306 e. The van der Waals surface area contributed by atoms with E-state index in [1.807, 2.05) is 19.1 Å². The van der Waals surface area contributed by atoms with Crippen molar-refractivity contribution in [3.8, 4) is 0 Å².